The Hall–Kier alpha value is -2.26. The summed E-state index contributed by atoms with van der Waals surface area (Å²) in [4.78, 5) is 27.3. The molecule has 1 atom stereocenters. The van der Waals surface area contributed by atoms with Crippen molar-refractivity contribution in [3.63, 3.8) is 0 Å². The van der Waals surface area contributed by atoms with Crippen molar-refractivity contribution < 1.29 is 13.9 Å². The van der Waals surface area contributed by atoms with Crippen LogP contribution in [-0.4, -0.2) is 77.8 Å². The molecule has 4 heterocycles. The molecule has 1 aliphatic carbocycles. The number of carbonyl (C=O) groups is 1. The maximum Gasteiger partial charge on any atom is 0.409 e. The highest BCUT2D eigenvalue weighted by Crippen LogP contribution is 2.47. The van der Waals surface area contributed by atoms with Gasteiger partial charge in [0.2, 0.25) is 0 Å². The van der Waals surface area contributed by atoms with Crippen molar-refractivity contribution in [2.75, 3.05) is 50.8 Å². The van der Waals surface area contributed by atoms with E-state index in [2.05, 4.69) is 19.8 Å². The Labute approximate surface area is 185 Å². The van der Waals surface area contributed by atoms with Crippen LogP contribution in [0.25, 0.3) is 11.4 Å². The number of piperazine rings is 1. The lowest BCUT2D eigenvalue weighted by atomic mass is 9.78. The summed E-state index contributed by atoms with van der Waals surface area (Å²) in [7, 11) is 0. The molecule has 1 amide bonds. The minimum Gasteiger partial charge on any atom is -0.450 e. The van der Waals surface area contributed by atoms with E-state index in [0.29, 0.717) is 12.6 Å². The highest BCUT2D eigenvalue weighted by atomic mass is 32.1. The van der Waals surface area contributed by atoms with Gasteiger partial charge in [-0.3, -0.25) is 4.90 Å². The van der Waals surface area contributed by atoms with Crippen LogP contribution in [0, 0.1) is 11.2 Å². The summed E-state index contributed by atoms with van der Waals surface area (Å²) in [5.74, 6) is -0.315. The average Bonchev–Trinajstić information content (AvgIpc) is 3.43. The number of carbonyl (C=O) groups excluding carboxylic acids is 1. The molecule has 2 aromatic rings. The maximum absolute atomic E-state index is 14.0. The third-order valence-corrected chi connectivity index (χ3v) is 7.52. The first kappa shape index (κ1) is 20.6. The molecule has 7 nitrogen and oxygen atoms in total. The lowest BCUT2D eigenvalue weighted by Gasteiger charge is -2.48. The van der Waals surface area contributed by atoms with Crippen LogP contribution >= 0.6 is 11.3 Å². The van der Waals surface area contributed by atoms with Crippen LogP contribution in [0.5, 0.6) is 0 Å². The number of hydrogen-bond acceptors (Lipinski definition) is 7. The minimum atomic E-state index is -0.315. The molecule has 166 valence electrons. The fourth-order valence-electron chi connectivity index (χ4n) is 5.41. The lowest BCUT2D eigenvalue weighted by molar-refractivity contribution is -0.00294. The number of anilines is 1. The number of amides is 1. The Morgan fingerprint density at radius 2 is 2.10 bits per heavy atom. The van der Waals surface area contributed by atoms with Crippen molar-refractivity contribution in [1.29, 1.82) is 0 Å². The summed E-state index contributed by atoms with van der Waals surface area (Å²) >= 11 is 1.52. The first-order chi connectivity index (χ1) is 15.1. The Balaban J connectivity index is 1.19. The van der Waals surface area contributed by atoms with Gasteiger partial charge in [0, 0.05) is 62.2 Å². The van der Waals surface area contributed by atoms with Gasteiger partial charge in [-0.2, -0.15) is 0 Å². The van der Waals surface area contributed by atoms with Crippen molar-refractivity contribution in [2.45, 2.75) is 32.2 Å². The van der Waals surface area contributed by atoms with Gasteiger partial charge in [-0.1, -0.05) is 0 Å². The first-order valence-electron chi connectivity index (χ1n) is 11.0. The summed E-state index contributed by atoms with van der Waals surface area (Å²) in [6.07, 6.45) is 4.60. The van der Waals surface area contributed by atoms with E-state index in [1.54, 1.807) is 11.6 Å². The Bertz CT molecular complexity index is 926. The van der Waals surface area contributed by atoms with Gasteiger partial charge >= 0.3 is 6.09 Å². The summed E-state index contributed by atoms with van der Waals surface area (Å²) in [6, 6.07) is 2.15. The second-order valence-corrected chi connectivity index (χ2v) is 9.59. The van der Waals surface area contributed by atoms with Crippen LogP contribution < -0.4 is 4.90 Å². The zero-order valence-corrected chi connectivity index (χ0v) is 18.6. The number of ether oxygens (including phenoxy) is 1. The summed E-state index contributed by atoms with van der Waals surface area (Å²) in [5.41, 5.74) is 4.44. The van der Waals surface area contributed by atoms with Gasteiger partial charge in [-0.15, -0.1) is 11.3 Å². The third kappa shape index (κ3) is 4.01. The van der Waals surface area contributed by atoms with Gasteiger partial charge in [-0.05, 0) is 26.2 Å². The van der Waals surface area contributed by atoms with Crippen LogP contribution in [0.15, 0.2) is 23.2 Å². The molecule has 0 unspecified atom stereocenters. The van der Waals surface area contributed by atoms with E-state index in [1.807, 2.05) is 17.2 Å². The number of nitrogens with zero attached hydrogens (tertiary/aromatic N) is 5. The number of hydrogen-bond donors (Lipinski definition) is 0. The molecule has 3 fully saturated rings. The van der Waals surface area contributed by atoms with E-state index in [9.17, 15) is 9.18 Å². The number of halogens is 1. The highest BCUT2D eigenvalue weighted by Gasteiger charge is 2.51. The van der Waals surface area contributed by atoms with E-state index in [-0.39, 0.29) is 17.3 Å². The minimum absolute atomic E-state index is 0.176. The van der Waals surface area contributed by atoms with Crippen LogP contribution in [0.4, 0.5) is 14.9 Å². The van der Waals surface area contributed by atoms with Gasteiger partial charge in [0.25, 0.3) is 0 Å². The number of aromatic nitrogens is 2. The molecule has 0 N–H and O–H groups in total. The van der Waals surface area contributed by atoms with Gasteiger partial charge in [0.15, 0.2) is 0 Å². The molecule has 0 bridgehead atoms. The molecule has 1 spiro atoms. The number of rotatable bonds is 4. The fraction of sp³-hybridized carbons (Fsp3) is 0.591. The van der Waals surface area contributed by atoms with Gasteiger partial charge < -0.3 is 14.5 Å². The molecule has 9 heteroatoms. The van der Waals surface area contributed by atoms with E-state index < -0.39 is 0 Å². The lowest BCUT2D eigenvalue weighted by Crippen LogP contribution is -2.58. The quantitative estimate of drug-likeness (QED) is 0.718. The van der Waals surface area contributed by atoms with Crippen LogP contribution in [0.2, 0.25) is 0 Å². The fourth-order valence-corrected chi connectivity index (χ4v) is 5.94. The Morgan fingerprint density at radius 3 is 2.81 bits per heavy atom. The third-order valence-electron chi connectivity index (χ3n) is 6.94. The predicted octanol–water partition coefficient (Wildman–Crippen LogP) is 3.48. The Morgan fingerprint density at radius 1 is 1.29 bits per heavy atom. The van der Waals surface area contributed by atoms with Crippen LogP contribution in [0.3, 0.4) is 0 Å². The maximum atomic E-state index is 14.0. The SMILES string of the molecule is CCOC(=O)N1CC2(CC[C@@H](N3CCN(c4cc(F)cnc4-c4cscn4)CC3)C2)C1. The smallest absolute Gasteiger partial charge is 0.409 e. The largest absolute Gasteiger partial charge is 0.450 e. The van der Waals surface area contributed by atoms with Crippen molar-refractivity contribution in [1.82, 2.24) is 19.8 Å². The Kier molecular flexibility index (Phi) is 5.56. The summed E-state index contributed by atoms with van der Waals surface area (Å²) in [6.45, 7) is 7.54. The number of likely N-dealkylation sites (tertiary alicyclic amines) is 1. The van der Waals surface area contributed by atoms with Crippen LogP contribution in [-0.2, 0) is 4.74 Å². The van der Waals surface area contributed by atoms with E-state index in [0.717, 1.165) is 62.8 Å². The second kappa shape index (κ2) is 8.35. The molecule has 2 saturated heterocycles. The molecule has 3 aliphatic rings. The standard InChI is InChI=1S/C22H28FN5O2S/c1-2-30-21(29)28-13-22(14-28)4-3-17(10-22)26-5-7-27(8-6-26)19-9-16(23)11-24-20(19)18-12-31-15-25-18/h9,11-12,15,17H,2-8,10,13-14H2,1H3/t17-/m1/s1. The normalized spacial score (nSPS) is 23.2. The molecule has 0 aromatic carbocycles. The van der Waals surface area contributed by atoms with Gasteiger partial charge in [-0.25, -0.2) is 19.2 Å². The number of thiazole rings is 1. The molecular weight excluding hydrogens is 417 g/mol. The molecule has 2 aliphatic heterocycles. The zero-order chi connectivity index (χ0) is 21.4. The first-order valence-corrected chi connectivity index (χ1v) is 12.0. The topological polar surface area (TPSA) is 61.8 Å². The van der Waals surface area contributed by atoms with Crippen molar-refractivity contribution in [2.24, 2.45) is 5.41 Å². The summed E-state index contributed by atoms with van der Waals surface area (Å²) < 4.78 is 19.1. The molecule has 1 saturated carbocycles. The zero-order valence-electron chi connectivity index (χ0n) is 17.8. The number of pyridine rings is 1. The van der Waals surface area contributed by atoms with Gasteiger partial charge in [0.1, 0.15) is 17.2 Å². The van der Waals surface area contributed by atoms with E-state index in [1.165, 1.54) is 30.4 Å². The van der Waals surface area contributed by atoms with Crippen molar-refractivity contribution >= 4 is 23.1 Å². The summed E-state index contributed by atoms with van der Waals surface area (Å²) in [5, 5.41) is 1.95. The molecule has 0 radical (unpaired) electrons. The highest BCUT2D eigenvalue weighted by molar-refractivity contribution is 7.07. The second-order valence-electron chi connectivity index (χ2n) is 8.87. The van der Waals surface area contributed by atoms with E-state index >= 15 is 0 Å². The van der Waals surface area contributed by atoms with Gasteiger partial charge in [0.05, 0.1) is 24.0 Å². The van der Waals surface area contributed by atoms with Crippen molar-refractivity contribution in [3.8, 4) is 11.4 Å². The molecule has 5 rings (SSSR count). The average molecular weight is 446 g/mol. The molecule has 31 heavy (non-hydrogen) atoms. The van der Waals surface area contributed by atoms with Crippen LogP contribution in [0.1, 0.15) is 26.2 Å². The predicted molar refractivity (Wildman–Crippen MR) is 118 cm³/mol. The van der Waals surface area contributed by atoms with E-state index in [4.69, 9.17) is 4.74 Å². The molecule has 2 aromatic heterocycles. The monoisotopic (exact) mass is 445 g/mol. The van der Waals surface area contributed by atoms with Crippen molar-refractivity contribution in [3.05, 3.63) is 29.0 Å². The molecular formula is C22H28FN5O2S.